The molecule has 0 spiro atoms. The second kappa shape index (κ2) is 6.55. The van der Waals surface area contributed by atoms with E-state index in [4.69, 9.17) is 14.5 Å². The lowest BCUT2D eigenvalue weighted by molar-refractivity contribution is 0.157. The zero-order chi connectivity index (χ0) is 18.1. The van der Waals surface area contributed by atoms with Gasteiger partial charge in [0.05, 0.1) is 25.9 Å². The lowest BCUT2D eigenvalue weighted by Gasteiger charge is -2.15. The van der Waals surface area contributed by atoms with Crippen LogP contribution >= 0.6 is 0 Å². The second-order valence-electron chi connectivity index (χ2n) is 6.14. The molecule has 3 aromatic rings. The first-order chi connectivity index (χ1) is 12.6. The van der Waals surface area contributed by atoms with E-state index < -0.39 is 0 Å². The minimum Gasteiger partial charge on any atom is -0.497 e. The van der Waals surface area contributed by atoms with Crippen LogP contribution in [0.25, 0.3) is 10.8 Å². The molecule has 0 atom stereocenters. The number of methoxy groups -OCH3 is 1. The highest BCUT2D eigenvalue weighted by molar-refractivity contribution is 5.88. The average Bonchev–Trinajstić information content (AvgIpc) is 3.22. The number of ether oxygens (including phenoxy) is 2. The Kier molecular flexibility index (Phi) is 4.08. The van der Waals surface area contributed by atoms with Crippen molar-refractivity contribution in [2.45, 2.75) is 13.5 Å². The number of pyridine rings is 1. The highest BCUT2D eigenvalue weighted by Gasteiger charge is 2.23. The van der Waals surface area contributed by atoms with Crippen LogP contribution in [0.1, 0.15) is 11.4 Å². The van der Waals surface area contributed by atoms with Crippen molar-refractivity contribution >= 4 is 28.5 Å². The van der Waals surface area contributed by atoms with Crippen molar-refractivity contribution in [2.24, 2.45) is 0 Å². The molecule has 0 saturated carbocycles. The van der Waals surface area contributed by atoms with Gasteiger partial charge in [-0.3, -0.25) is 10.00 Å². The zero-order valence-electron chi connectivity index (χ0n) is 14.6. The first-order valence-electron chi connectivity index (χ1n) is 8.31. The van der Waals surface area contributed by atoms with E-state index in [2.05, 4.69) is 15.5 Å². The fourth-order valence-corrected chi connectivity index (χ4v) is 2.98. The largest absolute Gasteiger partial charge is 0.497 e. The van der Waals surface area contributed by atoms with E-state index in [0.717, 1.165) is 27.9 Å². The van der Waals surface area contributed by atoms with E-state index in [1.54, 1.807) is 12.0 Å². The quantitative estimate of drug-likeness (QED) is 0.733. The van der Waals surface area contributed by atoms with Gasteiger partial charge >= 0.3 is 6.09 Å². The van der Waals surface area contributed by atoms with Crippen LogP contribution in [0.4, 0.5) is 16.4 Å². The van der Waals surface area contributed by atoms with Crippen LogP contribution in [-0.2, 0) is 11.3 Å². The molecule has 1 aliphatic heterocycles. The summed E-state index contributed by atoms with van der Waals surface area (Å²) in [7, 11) is 1.63. The highest BCUT2D eigenvalue weighted by atomic mass is 16.6. The van der Waals surface area contributed by atoms with E-state index in [0.29, 0.717) is 31.3 Å². The summed E-state index contributed by atoms with van der Waals surface area (Å²) >= 11 is 0. The SMILES string of the molecule is COc1ccc2c(CN3CCOC3=O)nc(Nc3cc(C)[nH]n3)cc2c1. The summed E-state index contributed by atoms with van der Waals surface area (Å²) in [6, 6.07) is 9.63. The number of benzene rings is 1. The average molecular weight is 353 g/mol. The molecule has 0 bridgehead atoms. The molecule has 1 fully saturated rings. The van der Waals surface area contributed by atoms with Crippen LogP contribution in [-0.4, -0.2) is 46.4 Å². The number of anilines is 2. The number of carbonyl (C=O) groups excluding carboxylic acids is 1. The molecular weight excluding hydrogens is 334 g/mol. The van der Waals surface area contributed by atoms with Crippen molar-refractivity contribution in [3.05, 3.63) is 41.7 Å². The molecule has 3 heterocycles. The van der Waals surface area contributed by atoms with Gasteiger partial charge in [-0.05, 0) is 36.6 Å². The molecule has 1 saturated heterocycles. The number of hydrogen-bond acceptors (Lipinski definition) is 6. The molecule has 0 aliphatic carbocycles. The maximum Gasteiger partial charge on any atom is 0.410 e. The number of hydrogen-bond donors (Lipinski definition) is 2. The summed E-state index contributed by atoms with van der Waals surface area (Å²) in [6.45, 7) is 3.29. The molecule has 26 heavy (non-hydrogen) atoms. The number of H-pyrrole nitrogens is 1. The third kappa shape index (κ3) is 3.13. The maximum absolute atomic E-state index is 11.8. The Morgan fingerprint density at radius 2 is 2.19 bits per heavy atom. The van der Waals surface area contributed by atoms with E-state index in [1.807, 2.05) is 37.3 Å². The molecule has 134 valence electrons. The Balaban J connectivity index is 1.75. The Bertz CT molecular complexity index is 969. The first kappa shape index (κ1) is 16.2. The summed E-state index contributed by atoms with van der Waals surface area (Å²) in [5.41, 5.74) is 1.74. The van der Waals surface area contributed by atoms with Gasteiger partial charge in [-0.25, -0.2) is 9.78 Å². The van der Waals surface area contributed by atoms with Crippen LogP contribution in [0.15, 0.2) is 30.3 Å². The van der Waals surface area contributed by atoms with E-state index in [1.165, 1.54) is 0 Å². The van der Waals surface area contributed by atoms with Gasteiger partial charge in [0.15, 0.2) is 5.82 Å². The minimum atomic E-state index is -0.310. The summed E-state index contributed by atoms with van der Waals surface area (Å²) in [5.74, 6) is 2.10. The molecule has 2 aromatic heterocycles. The molecule has 0 radical (unpaired) electrons. The number of nitrogens with one attached hydrogen (secondary N) is 2. The highest BCUT2D eigenvalue weighted by Crippen LogP contribution is 2.28. The molecule has 8 nitrogen and oxygen atoms in total. The summed E-state index contributed by atoms with van der Waals surface area (Å²) in [6.07, 6.45) is -0.310. The third-order valence-electron chi connectivity index (χ3n) is 4.26. The molecular formula is C18H19N5O3. The van der Waals surface area contributed by atoms with Crippen molar-refractivity contribution in [3.8, 4) is 5.75 Å². The number of rotatable bonds is 5. The Hall–Kier alpha value is -3.29. The number of carbonyl (C=O) groups is 1. The van der Waals surface area contributed by atoms with Crippen LogP contribution in [0.2, 0.25) is 0 Å². The molecule has 4 rings (SSSR count). The molecule has 1 amide bonds. The van der Waals surface area contributed by atoms with E-state index >= 15 is 0 Å². The zero-order valence-corrected chi connectivity index (χ0v) is 14.6. The smallest absolute Gasteiger partial charge is 0.410 e. The van der Waals surface area contributed by atoms with Crippen molar-refractivity contribution in [1.82, 2.24) is 20.1 Å². The van der Waals surface area contributed by atoms with Crippen LogP contribution in [0.5, 0.6) is 5.75 Å². The lowest BCUT2D eigenvalue weighted by Crippen LogP contribution is -2.24. The van der Waals surface area contributed by atoms with Crippen molar-refractivity contribution in [1.29, 1.82) is 0 Å². The maximum atomic E-state index is 11.8. The predicted octanol–water partition coefficient (Wildman–Crippen LogP) is 2.97. The van der Waals surface area contributed by atoms with Gasteiger partial charge in [0.1, 0.15) is 18.2 Å². The van der Waals surface area contributed by atoms with E-state index in [9.17, 15) is 4.79 Å². The van der Waals surface area contributed by atoms with Crippen molar-refractivity contribution in [3.63, 3.8) is 0 Å². The van der Waals surface area contributed by atoms with Gasteiger partial charge in [-0.1, -0.05) is 0 Å². The first-order valence-corrected chi connectivity index (χ1v) is 8.31. The third-order valence-corrected chi connectivity index (χ3v) is 4.26. The van der Waals surface area contributed by atoms with Crippen molar-refractivity contribution in [2.75, 3.05) is 25.6 Å². The fourth-order valence-electron chi connectivity index (χ4n) is 2.98. The summed E-state index contributed by atoms with van der Waals surface area (Å²) < 4.78 is 10.4. The Morgan fingerprint density at radius 3 is 2.88 bits per heavy atom. The van der Waals surface area contributed by atoms with Crippen molar-refractivity contribution < 1.29 is 14.3 Å². The number of amides is 1. The number of nitrogens with zero attached hydrogens (tertiary/aromatic N) is 3. The van der Waals surface area contributed by atoms with Gasteiger partial charge in [-0.15, -0.1) is 0 Å². The van der Waals surface area contributed by atoms with Gasteiger partial charge in [0, 0.05) is 17.1 Å². The number of aromatic nitrogens is 3. The molecule has 8 heteroatoms. The molecule has 0 unspecified atom stereocenters. The number of aromatic amines is 1. The van der Waals surface area contributed by atoms with Crippen LogP contribution in [0, 0.1) is 6.92 Å². The number of fused-ring (bicyclic) bond motifs is 1. The molecule has 1 aromatic carbocycles. The number of aryl methyl sites for hydroxylation is 1. The second-order valence-corrected chi connectivity index (χ2v) is 6.14. The lowest BCUT2D eigenvalue weighted by atomic mass is 10.1. The topological polar surface area (TPSA) is 92.4 Å². The fraction of sp³-hybridized carbons (Fsp3) is 0.278. The minimum absolute atomic E-state index is 0.310. The van der Waals surface area contributed by atoms with Gasteiger partial charge < -0.3 is 14.8 Å². The molecule has 1 aliphatic rings. The Labute approximate surface area is 150 Å². The Morgan fingerprint density at radius 1 is 1.31 bits per heavy atom. The molecule has 2 N–H and O–H groups in total. The van der Waals surface area contributed by atoms with Gasteiger partial charge in [-0.2, -0.15) is 5.10 Å². The predicted molar refractivity (Wildman–Crippen MR) is 96.7 cm³/mol. The van der Waals surface area contributed by atoms with Gasteiger partial charge in [0.25, 0.3) is 0 Å². The van der Waals surface area contributed by atoms with Gasteiger partial charge in [0.2, 0.25) is 0 Å². The van der Waals surface area contributed by atoms with Crippen LogP contribution < -0.4 is 10.1 Å². The standard InChI is InChI=1S/C18H19N5O3/c1-11-7-17(22-21-11)20-16-9-12-8-13(25-2)3-4-14(12)15(19-16)10-23-5-6-26-18(23)24/h3-4,7-9H,5-6,10H2,1-2H3,(H2,19,20,21,22). The normalized spacial score (nSPS) is 13.9. The van der Waals surface area contributed by atoms with E-state index in [-0.39, 0.29) is 6.09 Å². The number of cyclic esters (lactones) is 1. The summed E-state index contributed by atoms with van der Waals surface area (Å²) in [4.78, 5) is 18.2. The van der Waals surface area contributed by atoms with Crippen LogP contribution in [0.3, 0.4) is 0 Å². The monoisotopic (exact) mass is 353 g/mol. The summed E-state index contributed by atoms with van der Waals surface area (Å²) in [5, 5.41) is 12.2.